The molecule has 0 spiro atoms. The van der Waals surface area contributed by atoms with Gasteiger partial charge >= 0.3 is 12.1 Å². The molecule has 1 amide bonds. The topological polar surface area (TPSA) is 64.6 Å². The fourth-order valence-corrected chi connectivity index (χ4v) is 2.04. The Morgan fingerprint density at radius 2 is 1.67 bits per heavy atom. The Balaban J connectivity index is 4.57. The maximum absolute atomic E-state index is 11.6. The molecule has 124 valence electrons. The highest BCUT2D eigenvalue weighted by molar-refractivity contribution is 5.69. The van der Waals surface area contributed by atoms with E-state index in [4.69, 9.17) is 9.47 Å². The van der Waals surface area contributed by atoms with E-state index in [1.54, 1.807) is 0 Å². The number of hydrogen-bond acceptors (Lipinski definition) is 4. The van der Waals surface area contributed by atoms with Gasteiger partial charge in [-0.3, -0.25) is 4.79 Å². The van der Waals surface area contributed by atoms with Crippen LogP contribution in [0.1, 0.15) is 66.2 Å². The SMILES string of the molecule is CCCCC(CC)(COC(=O)CCC)COC(=O)NCC. The number of carbonyl (C=O) groups excluding carboxylic acids is 2. The lowest BCUT2D eigenvalue weighted by Gasteiger charge is -2.31. The van der Waals surface area contributed by atoms with E-state index in [-0.39, 0.29) is 18.0 Å². The maximum Gasteiger partial charge on any atom is 0.407 e. The summed E-state index contributed by atoms with van der Waals surface area (Å²) in [6.07, 6.45) is 4.59. The zero-order valence-electron chi connectivity index (χ0n) is 14.0. The third-order valence-electron chi connectivity index (χ3n) is 3.63. The Hall–Kier alpha value is -1.26. The fourth-order valence-electron chi connectivity index (χ4n) is 2.04. The molecule has 0 radical (unpaired) electrons. The number of alkyl carbamates (subject to hydrolysis) is 1. The minimum atomic E-state index is -0.410. The summed E-state index contributed by atoms with van der Waals surface area (Å²) in [6, 6.07) is 0. The van der Waals surface area contributed by atoms with E-state index in [0.29, 0.717) is 19.6 Å². The lowest BCUT2D eigenvalue weighted by Crippen LogP contribution is -2.36. The van der Waals surface area contributed by atoms with Gasteiger partial charge in [-0.15, -0.1) is 0 Å². The van der Waals surface area contributed by atoms with Gasteiger partial charge in [-0.2, -0.15) is 0 Å². The van der Waals surface area contributed by atoms with Gasteiger partial charge in [0.1, 0.15) is 13.2 Å². The van der Waals surface area contributed by atoms with Crippen molar-refractivity contribution in [2.75, 3.05) is 19.8 Å². The van der Waals surface area contributed by atoms with Gasteiger partial charge < -0.3 is 14.8 Å². The average molecular weight is 301 g/mol. The summed E-state index contributed by atoms with van der Waals surface area (Å²) >= 11 is 0. The number of amides is 1. The first-order valence-electron chi connectivity index (χ1n) is 8.09. The second-order valence-electron chi connectivity index (χ2n) is 5.47. The van der Waals surface area contributed by atoms with Crippen molar-refractivity contribution in [1.29, 1.82) is 0 Å². The van der Waals surface area contributed by atoms with E-state index in [9.17, 15) is 9.59 Å². The number of esters is 1. The van der Waals surface area contributed by atoms with E-state index in [0.717, 1.165) is 32.1 Å². The fraction of sp³-hybridized carbons (Fsp3) is 0.875. The van der Waals surface area contributed by atoms with Crippen LogP contribution in [0.2, 0.25) is 0 Å². The third-order valence-corrected chi connectivity index (χ3v) is 3.63. The second kappa shape index (κ2) is 11.4. The highest BCUT2D eigenvalue weighted by Gasteiger charge is 2.31. The molecule has 5 heteroatoms. The van der Waals surface area contributed by atoms with Crippen LogP contribution < -0.4 is 5.32 Å². The molecule has 0 aromatic rings. The van der Waals surface area contributed by atoms with Crippen molar-refractivity contribution < 1.29 is 19.1 Å². The molecule has 5 nitrogen and oxygen atoms in total. The van der Waals surface area contributed by atoms with E-state index < -0.39 is 6.09 Å². The Labute approximate surface area is 128 Å². The van der Waals surface area contributed by atoms with Crippen molar-refractivity contribution in [2.45, 2.75) is 66.2 Å². The lowest BCUT2D eigenvalue weighted by molar-refractivity contribution is -0.148. The first kappa shape index (κ1) is 19.7. The molecule has 1 unspecified atom stereocenters. The smallest absolute Gasteiger partial charge is 0.407 e. The predicted molar refractivity (Wildman–Crippen MR) is 83.1 cm³/mol. The summed E-state index contributed by atoms with van der Waals surface area (Å²) in [7, 11) is 0. The highest BCUT2D eigenvalue weighted by atomic mass is 16.6. The van der Waals surface area contributed by atoms with E-state index in [2.05, 4.69) is 12.2 Å². The number of rotatable bonds is 11. The number of ether oxygens (including phenoxy) is 2. The van der Waals surface area contributed by atoms with Gasteiger partial charge in [0, 0.05) is 18.4 Å². The Morgan fingerprint density at radius 3 is 2.19 bits per heavy atom. The first-order chi connectivity index (χ1) is 10.0. The molecule has 1 N–H and O–H groups in total. The Morgan fingerprint density at radius 1 is 1.00 bits per heavy atom. The molecule has 0 bridgehead atoms. The Kier molecular flexibility index (Phi) is 10.7. The van der Waals surface area contributed by atoms with Crippen LogP contribution in [-0.2, 0) is 14.3 Å². The maximum atomic E-state index is 11.6. The Bertz CT molecular complexity index is 283. The molecule has 0 aliphatic heterocycles. The number of nitrogens with one attached hydrogen (secondary N) is 1. The largest absolute Gasteiger partial charge is 0.465 e. The van der Waals surface area contributed by atoms with Gasteiger partial charge in [-0.25, -0.2) is 4.79 Å². The average Bonchev–Trinajstić information content (AvgIpc) is 2.48. The van der Waals surface area contributed by atoms with Gasteiger partial charge in [0.2, 0.25) is 0 Å². The molecule has 0 saturated heterocycles. The molecule has 0 heterocycles. The van der Waals surface area contributed by atoms with Crippen molar-refractivity contribution in [1.82, 2.24) is 5.32 Å². The monoisotopic (exact) mass is 301 g/mol. The van der Waals surface area contributed by atoms with Gasteiger partial charge in [0.25, 0.3) is 0 Å². The van der Waals surface area contributed by atoms with Crippen molar-refractivity contribution >= 4 is 12.1 Å². The summed E-state index contributed by atoms with van der Waals surface area (Å²) in [5.41, 5.74) is -0.273. The van der Waals surface area contributed by atoms with Crippen LogP contribution in [0.4, 0.5) is 4.79 Å². The van der Waals surface area contributed by atoms with E-state index >= 15 is 0 Å². The summed E-state index contributed by atoms with van der Waals surface area (Å²) in [5.74, 6) is -0.176. The number of hydrogen-bond donors (Lipinski definition) is 1. The van der Waals surface area contributed by atoms with Crippen LogP contribution in [0.15, 0.2) is 0 Å². The summed E-state index contributed by atoms with van der Waals surface area (Å²) < 4.78 is 10.7. The van der Waals surface area contributed by atoms with Crippen LogP contribution in [0, 0.1) is 5.41 Å². The summed E-state index contributed by atoms with van der Waals surface area (Å²) in [4.78, 5) is 23.1. The lowest BCUT2D eigenvalue weighted by atomic mass is 9.81. The van der Waals surface area contributed by atoms with E-state index in [1.807, 2.05) is 20.8 Å². The molecule has 21 heavy (non-hydrogen) atoms. The summed E-state index contributed by atoms with van der Waals surface area (Å²) in [6.45, 7) is 9.11. The van der Waals surface area contributed by atoms with Crippen LogP contribution >= 0.6 is 0 Å². The standard InChI is InChI=1S/C16H31NO4/c1-5-9-11-16(7-3,12-20-14(18)10-6-2)13-21-15(19)17-8-4/h5-13H2,1-4H3,(H,17,19). The molecule has 0 aromatic carbocycles. The predicted octanol–water partition coefficient (Wildman–Crippen LogP) is 3.66. The molecule has 0 rings (SSSR count). The molecule has 0 aliphatic rings. The van der Waals surface area contributed by atoms with Crippen molar-refractivity contribution in [3.05, 3.63) is 0 Å². The van der Waals surface area contributed by atoms with Crippen LogP contribution in [-0.4, -0.2) is 31.8 Å². The van der Waals surface area contributed by atoms with Gasteiger partial charge in [0.15, 0.2) is 0 Å². The van der Waals surface area contributed by atoms with Gasteiger partial charge in [-0.1, -0.05) is 33.6 Å². The summed E-state index contributed by atoms with van der Waals surface area (Å²) in [5, 5.41) is 2.61. The van der Waals surface area contributed by atoms with Crippen molar-refractivity contribution in [2.24, 2.45) is 5.41 Å². The van der Waals surface area contributed by atoms with Crippen molar-refractivity contribution in [3.63, 3.8) is 0 Å². The van der Waals surface area contributed by atoms with Gasteiger partial charge in [0.05, 0.1) is 0 Å². The first-order valence-corrected chi connectivity index (χ1v) is 8.09. The second-order valence-corrected chi connectivity index (χ2v) is 5.47. The van der Waals surface area contributed by atoms with Crippen LogP contribution in [0.3, 0.4) is 0 Å². The van der Waals surface area contributed by atoms with E-state index in [1.165, 1.54) is 0 Å². The van der Waals surface area contributed by atoms with Crippen LogP contribution in [0.5, 0.6) is 0 Å². The molecule has 0 aliphatic carbocycles. The normalized spacial score (nSPS) is 13.3. The minimum Gasteiger partial charge on any atom is -0.465 e. The molecular formula is C16H31NO4. The number of carbonyl (C=O) groups is 2. The third kappa shape index (κ3) is 8.58. The quantitative estimate of drug-likeness (QED) is 0.591. The molecular weight excluding hydrogens is 270 g/mol. The highest BCUT2D eigenvalue weighted by Crippen LogP contribution is 2.30. The molecule has 0 saturated carbocycles. The number of unbranched alkanes of at least 4 members (excludes halogenated alkanes) is 1. The molecule has 0 fully saturated rings. The van der Waals surface area contributed by atoms with Crippen molar-refractivity contribution in [3.8, 4) is 0 Å². The molecule has 1 atom stereocenters. The van der Waals surface area contributed by atoms with Gasteiger partial charge in [-0.05, 0) is 26.2 Å². The zero-order chi connectivity index (χ0) is 16.1. The minimum absolute atomic E-state index is 0.176. The molecule has 0 aromatic heterocycles. The zero-order valence-corrected chi connectivity index (χ0v) is 14.0. The van der Waals surface area contributed by atoms with Crippen LogP contribution in [0.25, 0.3) is 0 Å².